The van der Waals surface area contributed by atoms with Crippen LogP contribution in [0.25, 0.3) is 0 Å². The highest BCUT2D eigenvalue weighted by molar-refractivity contribution is 5.88. The Morgan fingerprint density at radius 3 is 2.33 bits per heavy atom. The Balaban J connectivity index is 2.17. The first-order valence-electron chi connectivity index (χ1n) is 10.3. The van der Waals surface area contributed by atoms with E-state index in [2.05, 4.69) is 19.2 Å². The quantitative estimate of drug-likeness (QED) is 0.645. The molecule has 0 heterocycles. The van der Waals surface area contributed by atoms with Crippen LogP contribution in [0, 0.1) is 0 Å². The van der Waals surface area contributed by atoms with Crippen molar-refractivity contribution in [1.29, 1.82) is 0 Å². The number of nitrogens with zero attached hydrogens (tertiary/aromatic N) is 1. The van der Waals surface area contributed by atoms with Crippen LogP contribution in [0.1, 0.15) is 44.2 Å². The van der Waals surface area contributed by atoms with Crippen LogP contribution in [-0.2, 0) is 16.1 Å². The first-order valence-corrected chi connectivity index (χ1v) is 10.3. The number of rotatable bonds is 10. The second kappa shape index (κ2) is 11.2. The number of nitrogens with one attached hydrogen (secondary N) is 1. The maximum atomic E-state index is 13.1. The van der Waals surface area contributed by atoms with Crippen molar-refractivity contribution in [2.75, 3.05) is 20.8 Å². The summed E-state index contributed by atoms with van der Waals surface area (Å²) in [5.41, 5.74) is 2.09. The lowest BCUT2D eigenvalue weighted by atomic mass is 10.0. The van der Waals surface area contributed by atoms with Crippen molar-refractivity contribution in [1.82, 2.24) is 10.2 Å². The van der Waals surface area contributed by atoms with Crippen LogP contribution in [0.2, 0.25) is 0 Å². The number of amides is 2. The molecule has 0 aliphatic heterocycles. The van der Waals surface area contributed by atoms with Crippen molar-refractivity contribution < 1.29 is 19.1 Å². The lowest BCUT2D eigenvalue weighted by Gasteiger charge is -2.30. The van der Waals surface area contributed by atoms with Gasteiger partial charge in [-0.05, 0) is 47.7 Å². The van der Waals surface area contributed by atoms with Gasteiger partial charge in [0, 0.05) is 13.6 Å². The van der Waals surface area contributed by atoms with Crippen molar-refractivity contribution in [2.45, 2.75) is 45.7 Å². The Labute approximate surface area is 179 Å². The molecule has 2 aromatic carbocycles. The Bertz CT molecular complexity index is 833. The smallest absolute Gasteiger partial charge is 0.261 e. The van der Waals surface area contributed by atoms with Gasteiger partial charge in [0.05, 0.1) is 7.11 Å². The fraction of sp³-hybridized carbons (Fsp3) is 0.417. The molecule has 2 amide bonds. The van der Waals surface area contributed by atoms with Crippen LogP contribution in [0.4, 0.5) is 0 Å². The minimum absolute atomic E-state index is 0.140. The number of carbonyl (C=O) groups excluding carboxylic acids is 2. The number of hydrogen-bond donors (Lipinski definition) is 1. The summed E-state index contributed by atoms with van der Waals surface area (Å²) in [4.78, 5) is 27.0. The minimum Gasteiger partial charge on any atom is -0.497 e. The van der Waals surface area contributed by atoms with Gasteiger partial charge in [-0.3, -0.25) is 9.59 Å². The molecule has 162 valence electrons. The third-order valence-electron chi connectivity index (χ3n) is 5.03. The molecule has 0 radical (unpaired) electrons. The monoisotopic (exact) mass is 412 g/mol. The predicted molar refractivity (Wildman–Crippen MR) is 118 cm³/mol. The molecule has 0 bridgehead atoms. The molecule has 6 nitrogen and oxygen atoms in total. The van der Waals surface area contributed by atoms with E-state index in [-0.39, 0.29) is 25.0 Å². The van der Waals surface area contributed by atoms with E-state index in [9.17, 15) is 9.59 Å². The van der Waals surface area contributed by atoms with Gasteiger partial charge in [-0.15, -0.1) is 0 Å². The zero-order chi connectivity index (χ0) is 22.1. The number of ether oxygens (including phenoxy) is 2. The average Bonchev–Trinajstić information content (AvgIpc) is 2.77. The summed E-state index contributed by atoms with van der Waals surface area (Å²) in [5.74, 6) is 1.31. The standard InChI is InChI=1S/C24H32N2O4/c1-6-22(24(28)25-4)26(15-18-8-7-9-21(14-18)29-5)23(27)16-30-20-12-10-19(11-13-20)17(2)3/h7-14,17,22H,6,15-16H2,1-5H3,(H,25,28)/t22-/m0/s1. The van der Waals surface area contributed by atoms with Crippen LogP contribution in [-0.4, -0.2) is 43.5 Å². The highest BCUT2D eigenvalue weighted by atomic mass is 16.5. The highest BCUT2D eigenvalue weighted by Crippen LogP contribution is 2.20. The fourth-order valence-corrected chi connectivity index (χ4v) is 3.23. The van der Waals surface area contributed by atoms with Gasteiger partial charge in [0.1, 0.15) is 17.5 Å². The minimum atomic E-state index is -0.583. The summed E-state index contributed by atoms with van der Waals surface area (Å²) in [7, 11) is 3.17. The van der Waals surface area contributed by atoms with E-state index in [0.29, 0.717) is 23.8 Å². The van der Waals surface area contributed by atoms with Crippen LogP contribution in [0.15, 0.2) is 48.5 Å². The second-order valence-corrected chi connectivity index (χ2v) is 7.42. The van der Waals surface area contributed by atoms with Gasteiger partial charge >= 0.3 is 0 Å². The second-order valence-electron chi connectivity index (χ2n) is 7.42. The molecule has 0 aromatic heterocycles. The molecule has 0 aliphatic carbocycles. The summed E-state index contributed by atoms with van der Waals surface area (Å²) in [6, 6.07) is 14.6. The third kappa shape index (κ3) is 6.24. The molecular formula is C24H32N2O4. The average molecular weight is 413 g/mol. The van der Waals surface area contributed by atoms with E-state index < -0.39 is 6.04 Å². The number of carbonyl (C=O) groups is 2. The molecule has 0 aliphatic rings. The zero-order valence-corrected chi connectivity index (χ0v) is 18.5. The Hall–Kier alpha value is -3.02. The van der Waals surface area contributed by atoms with Gasteiger partial charge in [-0.1, -0.05) is 45.0 Å². The van der Waals surface area contributed by atoms with Crippen LogP contribution < -0.4 is 14.8 Å². The number of methoxy groups -OCH3 is 1. The Morgan fingerprint density at radius 1 is 1.07 bits per heavy atom. The third-order valence-corrected chi connectivity index (χ3v) is 5.03. The number of hydrogen-bond acceptors (Lipinski definition) is 4. The van der Waals surface area contributed by atoms with Gasteiger partial charge in [-0.25, -0.2) is 0 Å². The lowest BCUT2D eigenvalue weighted by Crippen LogP contribution is -2.49. The molecule has 30 heavy (non-hydrogen) atoms. The lowest BCUT2D eigenvalue weighted by molar-refractivity contribution is -0.142. The molecule has 0 saturated heterocycles. The Kier molecular flexibility index (Phi) is 8.71. The SMILES string of the molecule is CC[C@@H](C(=O)NC)N(Cc1cccc(OC)c1)C(=O)COc1ccc(C(C)C)cc1. The summed E-state index contributed by atoms with van der Waals surface area (Å²) >= 11 is 0. The molecule has 0 fully saturated rings. The van der Waals surface area contributed by atoms with Crippen LogP contribution in [0.3, 0.4) is 0 Å². The van der Waals surface area contributed by atoms with E-state index in [4.69, 9.17) is 9.47 Å². The largest absolute Gasteiger partial charge is 0.497 e. The van der Waals surface area contributed by atoms with Gasteiger partial charge in [-0.2, -0.15) is 0 Å². The molecule has 2 aromatic rings. The first-order chi connectivity index (χ1) is 14.4. The Morgan fingerprint density at radius 2 is 1.77 bits per heavy atom. The molecule has 2 rings (SSSR count). The van der Waals surface area contributed by atoms with Gasteiger partial charge in [0.25, 0.3) is 5.91 Å². The molecule has 0 spiro atoms. The maximum absolute atomic E-state index is 13.1. The van der Waals surface area contributed by atoms with Crippen LogP contribution >= 0.6 is 0 Å². The fourth-order valence-electron chi connectivity index (χ4n) is 3.23. The number of benzene rings is 2. The van der Waals surface area contributed by atoms with Crippen molar-refractivity contribution >= 4 is 11.8 Å². The molecule has 1 atom stereocenters. The van der Waals surface area contributed by atoms with E-state index in [1.54, 1.807) is 19.1 Å². The van der Waals surface area contributed by atoms with E-state index in [1.165, 1.54) is 5.56 Å². The summed E-state index contributed by atoms with van der Waals surface area (Å²) in [6.45, 7) is 6.28. The zero-order valence-electron chi connectivity index (χ0n) is 18.5. The normalized spacial score (nSPS) is 11.7. The number of likely N-dealkylation sites (N-methyl/N-ethyl adjacent to an activating group) is 1. The maximum Gasteiger partial charge on any atom is 0.261 e. The van der Waals surface area contributed by atoms with E-state index in [0.717, 1.165) is 5.56 Å². The van der Waals surface area contributed by atoms with E-state index >= 15 is 0 Å². The molecular weight excluding hydrogens is 380 g/mol. The topological polar surface area (TPSA) is 67.9 Å². The highest BCUT2D eigenvalue weighted by Gasteiger charge is 2.28. The van der Waals surface area contributed by atoms with Gasteiger partial charge in [0.15, 0.2) is 6.61 Å². The molecule has 0 unspecified atom stereocenters. The first kappa shape index (κ1) is 23.3. The van der Waals surface area contributed by atoms with Crippen molar-refractivity contribution in [3.63, 3.8) is 0 Å². The van der Waals surface area contributed by atoms with Crippen molar-refractivity contribution in [3.05, 3.63) is 59.7 Å². The van der Waals surface area contributed by atoms with Gasteiger partial charge < -0.3 is 19.7 Å². The van der Waals surface area contributed by atoms with Crippen LogP contribution in [0.5, 0.6) is 11.5 Å². The van der Waals surface area contributed by atoms with E-state index in [1.807, 2.05) is 55.5 Å². The molecule has 1 N–H and O–H groups in total. The predicted octanol–water partition coefficient (Wildman–Crippen LogP) is 3.75. The summed E-state index contributed by atoms with van der Waals surface area (Å²) in [5, 5.41) is 2.65. The van der Waals surface area contributed by atoms with Crippen molar-refractivity contribution in [3.8, 4) is 11.5 Å². The molecule has 0 saturated carbocycles. The summed E-state index contributed by atoms with van der Waals surface area (Å²) < 4.78 is 11.0. The summed E-state index contributed by atoms with van der Waals surface area (Å²) in [6.07, 6.45) is 0.498. The molecule has 6 heteroatoms. The van der Waals surface area contributed by atoms with Gasteiger partial charge in [0.2, 0.25) is 5.91 Å². The van der Waals surface area contributed by atoms with Crippen molar-refractivity contribution in [2.24, 2.45) is 0 Å².